The van der Waals surface area contributed by atoms with Crippen molar-refractivity contribution in [3.05, 3.63) is 46.2 Å². The number of aromatic nitrogens is 2. The Labute approximate surface area is 129 Å². The first-order valence-electron chi connectivity index (χ1n) is 7.41. The van der Waals surface area contributed by atoms with Crippen LogP contribution >= 0.6 is 11.3 Å². The van der Waals surface area contributed by atoms with E-state index in [9.17, 15) is 0 Å². The summed E-state index contributed by atoms with van der Waals surface area (Å²) in [5, 5.41) is 19.9. The van der Waals surface area contributed by atoms with Crippen molar-refractivity contribution in [1.29, 1.82) is 0 Å². The van der Waals surface area contributed by atoms with E-state index in [0.717, 1.165) is 30.7 Å². The molecule has 0 radical (unpaired) electrons. The third-order valence-electron chi connectivity index (χ3n) is 3.42. The Morgan fingerprint density at radius 3 is 2.76 bits per heavy atom. The normalized spacial score (nSPS) is 12.8. The zero-order valence-electron chi connectivity index (χ0n) is 12.3. The average Bonchev–Trinajstić information content (AvgIpc) is 2.98. The van der Waals surface area contributed by atoms with Gasteiger partial charge in [-0.1, -0.05) is 19.4 Å². The molecule has 2 aromatic rings. The van der Waals surface area contributed by atoms with Crippen LogP contribution in [0, 0.1) is 0 Å². The lowest BCUT2D eigenvalue weighted by atomic mass is 9.98. The second-order valence-corrected chi connectivity index (χ2v) is 6.14. The van der Waals surface area contributed by atoms with Gasteiger partial charge in [0.1, 0.15) is 0 Å². The molecule has 0 saturated heterocycles. The Hall–Kier alpha value is -1.30. The van der Waals surface area contributed by atoms with Crippen molar-refractivity contribution in [3.63, 3.8) is 0 Å². The van der Waals surface area contributed by atoms with E-state index in [0.29, 0.717) is 18.8 Å². The SMILES string of the molecule is CCCC(c1cncc(CCCC(O)O)n1)c1cccs1. The van der Waals surface area contributed by atoms with Gasteiger partial charge in [-0.15, -0.1) is 11.3 Å². The lowest BCUT2D eigenvalue weighted by molar-refractivity contribution is -0.0461. The Balaban J connectivity index is 2.10. The quantitative estimate of drug-likeness (QED) is 0.735. The molecule has 2 aromatic heterocycles. The molecule has 5 heteroatoms. The van der Waals surface area contributed by atoms with Crippen LogP contribution in [-0.4, -0.2) is 26.5 Å². The minimum atomic E-state index is -1.24. The fourth-order valence-electron chi connectivity index (χ4n) is 2.39. The molecule has 0 saturated carbocycles. The van der Waals surface area contributed by atoms with Crippen molar-refractivity contribution in [2.24, 2.45) is 0 Å². The molecular weight excluding hydrogens is 284 g/mol. The molecule has 0 bridgehead atoms. The molecule has 0 spiro atoms. The molecule has 0 amide bonds. The lowest BCUT2D eigenvalue weighted by Gasteiger charge is -2.14. The third-order valence-corrected chi connectivity index (χ3v) is 4.41. The first kappa shape index (κ1) is 16.1. The Morgan fingerprint density at radius 2 is 2.10 bits per heavy atom. The molecule has 2 N–H and O–H groups in total. The minimum absolute atomic E-state index is 0.311. The van der Waals surface area contributed by atoms with E-state index < -0.39 is 6.29 Å². The van der Waals surface area contributed by atoms with E-state index >= 15 is 0 Å². The largest absolute Gasteiger partial charge is 0.368 e. The summed E-state index contributed by atoms with van der Waals surface area (Å²) in [7, 11) is 0. The Kier molecular flexibility index (Phi) is 6.29. The standard InChI is InChI=1S/C16H22N2O2S/c1-2-5-13(15-7-4-9-21-15)14-11-17-10-12(18-14)6-3-8-16(19)20/h4,7,9-11,13,16,19-20H,2-3,5-6,8H2,1H3. The fourth-order valence-corrected chi connectivity index (χ4v) is 3.27. The molecule has 114 valence electrons. The monoisotopic (exact) mass is 306 g/mol. The Morgan fingerprint density at radius 1 is 1.24 bits per heavy atom. The minimum Gasteiger partial charge on any atom is -0.368 e. The van der Waals surface area contributed by atoms with Gasteiger partial charge in [-0.05, 0) is 37.1 Å². The van der Waals surface area contributed by atoms with Crippen LogP contribution in [0.15, 0.2) is 29.9 Å². The van der Waals surface area contributed by atoms with Crippen LogP contribution in [-0.2, 0) is 6.42 Å². The van der Waals surface area contributed by atoms with Gasteiger partial charge in [0.15, 0.2) is 6.29 Å². The smallest absolute Gasteiger partial charge is 0.151 e. The number of hydrogen-bond donors (Lipinski definition) is 2. The molecular formula is C16H22N2O2S. The van der Waals surface area contributed by atoms with Crippen molar-refractivity contribution >= 4 is 11.3 Å². The summed E-state index contributed by atoms with van der Waals surface area (Å²) in [5.74, 6) is 0.311. The number of aryl methyl sites for hydroxylation is 1. The van der Waals surface area contributed by atoms with Gasteiger partial charge in [-0.2, -0.15) is 0 Å². The highest BCUT2D eigenvalue weighted by atomic mass is 32.1. The molecule has 0 aliphatic heterocycles. The van der Waals surface area contributed by atoms with Gasteiger partial charge in [0.05, 0.1) is 11.4 Å². The summed E-state index contributed by atoms with van der Waals surface area (Å²) >= 11 is 1.76. The molecule has 0 fully saturated rings. The lowest BCUT2D eigenvalue weighted by Crippen LogP contribution is -2.07. The van der Waals surface area contributed by atoms with Gasteiger partial charge in [0, 0.05) is 23.2 Å². The molecule has 2 rings (SSSR count). The van der Waals surface area contributed by atoms with E-state index in [1.54, 1.807) is 17.5 Å². The topological polar surface area (TPSA) is 66.2 Å². The average molecular weight is 306 g/mol. The van der Waals surface area contributed by atoms with Crippen LogP contribution in [0.2, 0.25) is 0 Å². The van der Waals surface area contributed by atoms with Gasteiger partial charge in [-0.25, -0.2) is 0 Å². The molecule has 0 aliphatic rings. The number of rotatable bonds is 8. The molecule has 4 nitrogen and oxygen atoms in total. The van der Waals surface area contributed by atoms with Crippen molar-refractivity contribution < 1.29 is 10.2 Å². The number of nitrogens with zero attached hydrogens (tertiary/aromatic N) is 2. The van der Waals surface area contributed by atoms with Crippen LogP contribution in [0.4, 0.5) is 0 Å². The molecule has 1 atom stereocenters. The zero-order valence-corrected chi connectivity index (χ0v) is 13.1. The van der Waals surface area contributed by atoms with Gasteiger partial charge < -0.3 is 10.2 Å². The van der Waals surface area contributed by atoms with Gasteiger partial charge >= 0.3 is 0 Å². The van der Waals surface area contributed by atoms with Crippen molar-refractivity contribution in [3.8, 4) is 0 Å². The van der Waals surface area contributed by atoms with Crippen LogP contribution in [0.3, 0.4) is 0 Å². The molecule has 21 heavy (non-hydrogen) atoms. The number of hydrogen-bond acceptors (Lipinski definition) is 5. The number of thiophene rings is 1. The van der Waals surface area contributed by atoms with Crippen molar-refractivity contribution in [1.82, 2.24) is 9.97 Å². The first-order chi connectivity index (χ1) is 10.2. The zero-order chi connectivity index (χ0) is 15.1. The van der Waals surface area contributed by atoms with Crippen molar-refractivity contribution in [2.75, 3.05) is 0 Å². The summed E-state index contributed by atoms with van der Waals surface area (Å²) in [6.45, 7) is 2.18. The summed E-state index contributed by atoms with van der Waals surface area (Å²) in [6.07, 6.45) is 6.35. The van der Waals surface area contributed by atoms with E-state index in [1.165, 1.54) is 4.88 Å². The highest BCUT2D eigenvalue weighted by molar-refractivity contribution is 7.10. The number of aliphatic hydroxyl groups excluding tert-OH is 1. The molecule has 2 heterocycles. The van der Waals surface area contributed by atoms with E-state index in [1.807, 2.05) is 6.20 Å². The second kappa shape index (κ2) is 8.22. The van der Waals surface area contributed by atoms with Gasteiger partial charge in [-0.3, -0.25) is 9.97 Å². The summed E-state index contributed by atoms with van der Waals surface area (Å²) in [6, 6.07) is 4.23. The van der Waals surface area contributed by atoms with Gasteiger partial charge in [0.2, 0.25) is 0 Å². The predicted molar refractivity (Wildman–Crippen MR) is 84.3 cm³/mol. The second-order valence-electron chi connectivity index (χ2n) is 5.16. The third kappa shape index (κ3) is 4.88. The van der Waals surface area contributed by atoms with Crippen LogP contribution < -0.4 is 0 Å². The highest BCUT2D eigenvalue weighted by Crippen LogP contribution is 2.30. The first-order valence-corrected chi connectivity index (χ1v) is 8.29. The summed E-state index contributed by atoms with van der Waals surface area (Å²) < 4.78 is 0. The van der Waals surface area contributed by atoms with Crippen LogP contribution in [0.5, 0.6) is 0 Å². The van der Waals surface area contributed by atoms with Gasteiger partial charge in [0.25, 0.3) is 0 Å². The maximum absolute atomic E-state index is 8.89. The molecule has 0 aliphatic carbocycles. The predicted octanol–water partition coefficient (Wildman–Crippen LogP) is 3.10. The highest BCUT2D eigenvalue weighted by Gasteiger charge is 2.16. The number of aliphatic hydroxyl groups is 2. The van der Waals surface area contributed by atoms with Crippen LogP contribution in [0.1, 0.15) is 54.8 Å². The van der Waals surface area contributed by atoms with E-state index in [2.05, 4.69) is 29.4 Å². The maximum Gasteiger partial charge on any atom is 0.151 e. The molecule has 0 aromatic carbocycles. The van der Waals surface area contributed by atoms with E-state index in [-0.39, 0.29) is 0 Å². The van der Waals surface area contributed by atoms with E-state index in [4.69, 9.17) is 15.2 Å². The maximum atomic E-state index is 8.89. The van der Waals surface area contributed by atoms with Crippen LogP contribution in [0.25, 0.3) is 0 Å². The summed E-state index contributed by atoms with van der Waals surface area (Å²) in [4.78, 5) is 10.4. The Bertz CT molecular complexity index is 529. The molecule has 1 unspecified atom stereocenters. The fraction of sp³-hybridized carbons (Fsp3) is 0.500. The summed E-state index contributed by atoms with van der Waals surface area (Å²) in [5.41, 5.74) is 1.94. The van der Waals surface area contributed by atoms with Crippen molar-refractivity contribution in [2.45, 2.75) is 51.2 Å².